The molecule has 5 nitrogen and oxygen atoms in total. The first-order chi connectivity index (χ1) is 15.9. The van der Waals surface area contributed by atoms with Gasteiger partial charge in [0, 0.05) is 19.2 Å². The highest BCUT2D eigenvalue weighted by Crippen LogP contribution is 2.38. The summed E-state index contributed by atoms with van der Waals surface area (Å²) in [5.41, 5.74) is 2.55. The van der Waals surface area contributed by atoms with E-state index >= 15 is 0 Å². The summed E-state index contributed by atoms with van der Waals surface area (Å²) in [6.45, 7) is 2.62. The third-order valence-electron chi connectivity index (χ3n) is 4.68. The second-order valence-corrected chi connectivity index (χ2v) is 9.49. The number of carbonyl (C=O) groups is 1. The molecule has 0 saturated carbocycles. The number of nitrogens with zero attached hydrogens (tertiary/aromatic N) is 1. The van der Waals surface area contributed by atoms with Crippen molar-refractivity contribution in [2.75, 3.05) is 6.61 Å². The molecule has 168 valence electrons. The second kappa shape index (κ2) is 10.7. The Labute approximate surface area is 218 Å². The summed E-state index contributed by atoms with van der Waals surface area (Å²) in [5, 5.41) is 0.369. The minimum Gasteiger partial charge on any atom is -0.490 e. The molecule has 0 aromatic heterocycles. The van der Waals surface area contributed by atoms with Crippen molar-refractivity contribution in [1.29, 1.82) is 0 Å². The maximum Gasteiger partial charge on any atom is 0.363 e. The number of esters is 1. The molecule has 1 aliphatic rings. The van der Waals surface area contributed by atoms with Crippen molar-refractivity contribution < 1.29 is 19.0 Å². The lowest BCUT2D eigenvalue weighted by Gasteiger charge is -2.15. The van der Waals surface area contributed by atoms with Crippen molar-refractivity contribution in [2.45, 2.75) is 13.5 Å². The Balaban J connectivity index is 1.61. The predicted molar refractivity (Wildman–Crippen MR) is 141 cm³/mol. The van der Waals surface area contributed by atoms with Gasteiger partial charge < -0.3 is 14.2 Å². The lowest BCUT2D eigenvalue weighted by Crippen LogP contribution is -2.05. The molecule has 1 heterocycles. The Morgan fingerprint density at radius 1 is 1.12 bits per heavy atom. The van der Waals surface area contributed by atoms with Crippen LogP contribution in [0.25, 0.3) is 6.08 Å². The molecule has 3 aromatic carbocycles. The Bertz CT molecular complexity index is 1260. The fourth-order valence-corrected chi connectivity index (χ4v) is 4.16. The van der Waals surface area contributed by atoms with Crippen molar-refractivity contribution in [3.63, 3.8) is 0 Å². The van der Waals surface area contributed by atoms with E-state index < -0.39 is 5.97 Å². The van der Waals surface area contributed by atoms with Gasteiger partial charge in [0.15, 0.2) is 17.2 Å². The van der Waals surface area contributed by atoms with Gasteiger partial charge in [-0.3, -0.25) is 0 Å². The Morgan fingerprint density at radius 2 is 1.88 bits per heavy atom. The summed E-state index contributed by atoms with van der Waals surface area (Å²) in [4.78, 5) is 16.7. The van der Waals surface area contributed by atoms with E-state index in [1.54, 1.807) is 18.2 Å². The molecule has 0 amide bonds. The van der Waals surface area contributed by atoms with Crippen LogP contribution in [-0.4, -0.2) is 18.5 Å². The van der Waals surface area contributed by atoms with Gasteiger partial charge in [-0.15, -0.1) is 0 Å². The highest BCUT2D eigenvalue weighted by molar-refractivity contribution is 14.1. The Morgan fingerprint density at radius 3 is 2.61 bits per heavy atom. The molecule has 0 radical (unpaired) electrons. The van der Waals surface area contributed by atoms with E-state index in [0.29, 0.717) is 35.3 Å². The largest absolute Gasteiger partial charge is 0.490 e. The van der Waals surface area contributed by atoms with Gasteiger partial charge >= 0.3 is 5.97 Å². The molecule has 0 N–H and O–H groups in total. The molecular weight excluding hydrogens is 621 g/mol. The fraction of sp³-hybridized carbons (Fsp3) is 0.120. The molecule has 8 heteroatoms. The number of ether oxygens (including phenoxy) is 3. The highest BCUT2D eigenvalue weighted by atomic mass is 127. The third kappa shape index (κ3) is 5.77. The van der Waals surface area contributed by atoms with Crippen molar-refractivity contribution in [3.05, 3.63) is 96.1 Å². The van der Waals surface area contributed by atoms with Crippen LogP contribution in [0, 0.1) is 3.57 Å². The quantitative estimate of drug-likeness (QED) is 0.159. The van der Waals surface area contributed by atoms with Crippen LogP contribution in [-0.2, 0) is 16.1 Å². The molecule has 0 spiro atoms. The predicted octanol–water partition coefficient (Wildman–Crippen LogP) is 7.03. The van der Waals surface area contributed by atoms with E-state index in [1.807, 2.05) is 55.5 Å². The number of benzene rings is 3. The van der Waals surface area contributed by atoms with Gasteiger partial charge in [-0.25, -0.2) is 9.79 Å². The van der Waals surface area contributed by atoms with Gasteiger partial charge in [-0.2, -0.15) is 0 Å². The molecule has 0 atom stereocenters. The van der Waals surface area contributed by atoms with Gasteiger partial charge in [0.05, 0.1) is 11.6 Å². The molecule has 0 aliphatic carbocycles. The van der Waals surface area contributed by atoms with E-state index in [1.165, 1.54) is 0 Å². The lowest BCUT2D eigenvalue weighted by atomic mass is 10.1. The maximum atomic E-state index is 12.4. The molecule has 0 bridgehead atoms. The van der Waals surface area contributed by atoms with Crippen LogP contribution in [0.15, 0.2) is 75.8 Å². The van der Waals surface area contributed by atoms with E-state index in [4.69, 9.17) is 25.8 Å². The van der Waals surface area contributed by atoms with E-state index in [-0.39, 0.29) is 11.6 Å². The normalized spacial score (nSPS) is 14.2. The number of hydrogen-bond donors (Lipinski definition) is 0. The first-order valence-corrected chi connectivity index (χ1v) is 12.3. The average molecular weight is 639 g/mol. The number of hydrogen-bond acceptors (Lipinski definition) is 5. The third-order valence-corrected chi connectivity index (χ3v) is 6.45. The SMILES string of the molecule is CCOc1cc(/C=C2\N=C(c3ccc(I)cc3)OC2=O)cc(Cl)c1OCc1ccccc1Br. The zero-order valence-electron chi connectivity index (χ0n) is 17.5. The summed E-state index contributed by atoms with van der Waals surface area (Å²) >= 11 is 12.3. The molecular formula is C25H18BrClINO4. The van der Waals surface area contributed by atoms with E-state index in [9.17, 15) is 4.79 Å². The van der Waals surface area contributed by atoms with Crippen molar-refractivity contribution >= 4 is 68.1 Å². The topological polar surface area (TPSA) is 57.1 Å². The van der Waals surface area contributed by atoms with Crippen LogP contribution in [0.5, 0.6) is 11.5 Å². The number of carbonyl (C=O) groups excluding carboxylic acids is 1. The molecule has 0 unspecified atom stereocenters. The van der Waals surface area contributed by atoms with Crippen LogP contribution in [0.2, 0.25) is 5.02 Å². The van der Waals surface area contributed by atoms with Crippen molar-refractivity contribution in [1.82, 2.24) is 0 Å². The van der Waals surface area contributed by atoms with Crippen molar-refractivity contribution in [3.8, 4) is 11.5 Å². The van der Waals surface area contributed by atoms with Gasteiger partial charge in [-0.1, -0.05) is 45.7 Å². The molecule has 4 rings (SSSR count). The number of aliphatic imine (C=N–C) groups is 1. The van der Waals surface area contributed by atoms with Crippen LogP contribution in [0.4, 0.5) is 0 Å². The zero-order chi connectivity index (χ0) is 23.4. The Kier molecular flexibility index (Phi) is 7.72. The van der Waals surface area contributed by atoms with Gasteiger partial charge in [-0.05, 0) is 83.6 Å². The van der Waals surface area contributed by atoms with Gasteiger partial charge in [0.25, 0.3) is 0 Å². The number of halogens is 3. The Hall–Kier alpha value is -2.36. The summed E-state index contributed by atoms with van der Waals surface area (Å²) < 4.78 is 19.1. The molecule has 3 aromatic rings. The van der Waals surface area contributed by atoms with Gasteiger partial charge in [0.1, 0.15) is 6.61 Å². The number of rotatable bonds is 7. The molecule has 0 fully saturated rings. The zero-order valence-corrected chi connectivity index (χ0v) is 22.0. The van der Waals surface area contributed by atoms with Crippen molar-refractivity contribution in [2.24, 2.45) is 4.99 Å². The standard InChI is InChI=1S/C25H18BrClINO4/c1-2-31-22-13-15(11-20(27)23(22)32-14-17-5-3-4-6-19(17)26)12-21-25(30)33-24(29-21)16-7-9-18(28)10-8-16/h3-13H,2,14H2,1H3/b21-12-. The monoisotopic (exact) mass is 637 g/mol. The summed E-state index contributed by atoms with van der Waals surface area (Å²) in [6.07, 6.45) is 1.62. The fourth-order valence-electron chi connectivity index (χ4n) is 3.12. The van der Waals surface area contributed by atoms with Crippen LogP contribution < -0.4 is 9.47 Å². The van der Waals surface area contributed by atoms with E-state index in [2.05, 4.69) is 43.5 Å². The lowest BCUT2D eigenvalue weighted by molar-refractivity contribution is -0.129. The minimum absolute atomic E-state index is 0.184. The second-order valence-electron chi connectivity index (χ2n) is 6.99. The molecule has 33 heavy (non-hydrogen) atoms. The summed E-state index contributed by atoms with van der Waals surface area (Å²) in [5.74, 6) is 0.671. The van der Waals surface area contributed by atoms with Crippen LogP contribution in [0.1, 0.15) is 23.6 Å². The highest BCUT2D eigenvalue weighted by Gasteiger charge is 2.24. The smallest absolute Gasteiger partial charge is 0.363 e. The first-order valence-electron chi connectivity index (χ1n) is 10.1. The van der Waals surface area contributed by atoms with Crippen LogP contribution >= 0.6 is 50.1 Å². The summed E-state index contributed by atoms with van der Waals surface area (Å²) in [7, 11) is 0. The van der Waals surface area contributed by atoms with Gasteiger partial charge in [0.2, 0.25) is 5.90 Å². The summed E-state index contributed by atoms with van der Waals surface area (Å²) in [6, 6.07) is 18.8. The molecule has 1 aliphatic heterocycles. The van der Waals surface area contributed by atoms with Crippen LogP contribution in [0.3, 0.4) is 0 Å². The van der Waals surface area contributed by atoms with E-state index in [0.717, 1.165) is 19.2 Å². The number of cyclic esters (lactones) is 1. The first kappa shape index (κ1) is 23.8. The molecule has 0 saturated heterocycles. The minimum atomic E-state index is -0.521. The average Bonchev–Trinajstić information content (AvgIpc) is 3.15. The maximum absolute atomic E-state index is 12.4.